The lowest BCUT2D eigenvalue weighted by Gasteiger charge is -2.10. The molecule has 5 heteroatoms. The summed E-state index contributed by atoms with van der Waals surface area (Å²) in [5.74, 6) is -0.321. The predicted molar refractivity (Wildman–Crippen MR) is 72.0 cm³/mol. The number of hydrogen-bond donors (Lipinski definition) is 1. The Kier molecular flexibility index (Phi) is 4.32. The normalized spacial score (nSPS) is 12.4. The van der Waals surface area contributed by atoms with Gasteiger partial charge in [-0.25, -0.2) is 4.39 Å². The van der Waals surface area contributed by atoms with E-state index in [0.29, 0.717) is 21.6 Å². The van der Waals surface area contributed by atoms with Crippen LogP contribution in [-0.4, -0.2) is 10.1 Å². The molecular weight excluding hydrogens is 321 g/mol. The van der Waals surface area contributed by atoms with Gasteiger partial charge in [0, 0.05) is 12.6 Å². The Morgan fingerprint density at radius 3 is 2.72 bits per heavy atom. The average molecular weight is 331 g/mol. The van der Waals surface area contributed by atoms with E-state index in [1.54, 1.807) is 24.3 Å². The first-order chi connectivity index (χ1) is 8.56. The van der Waals surface area contributed by atoms with E-state index in [2.05, 4.69) is 20.9 Å². The third kappa shape index (κ3) is 3.28. The van der Waals surface area contributed by atoms with Crippen LogP contribution in [0, 0.1) is 5.82 Å². The third-order valence-corrected chi connectivity index (χ3v) is 3.34. The van der Waals surface area contributed by atoms with Gasteiger partial charge in [-0.15, -0.1) is 0 Å². The molecular formula is C13H10BrClFNO. The second-order valence-corrected chi connectivity index (χ2v) is 5.16. The van der Waals surface area contributed by atoms with Crippen LogP contribution >= 0.6 is 27.5 Å². The molecule has 0 bridgehead atoms. The summed E-state index contributed by atoms with van der Waals surface area (Å²) >= 11 is 8.83. The van der Waals surface area contributed by atoms with Gasteiger partial charge in [0.15, 0.2) is 0 Å². The molecule has 0 aliphatic rings. The number of aliphatic hydroxyl groups excluding tert-OH is 1. The van der Waals surface area contributed by atoms with Gasteiger partial charge in [-0.05, 0) is 45.8 Å². The van der Waals surface area contributed by atoms with E-state index in [1.807, 2.05) is 0 Å². The van der Waals surface area contributed by atoms with Crippen LogP contribution < -0.4 is 0 Å². The molecule has 2 rings (SSSR count). The van der Waals surface area contributed by atoms with Crippen LogP contribution in [0.1, 0.15) is 17.4 Å². The lowest BCUT2D eigenvalue weighted by atomic mass is 10.1. The van der Waals surface area contributed by atoms with Crippen LogP contribution in [-0.2, 0) is 6.42 Å². The molecule has 2 aromatic rings. The summed E-state index contributed by atoms with van der Waals surface area (Å²) in [7, 11) is 0. The second kappa shape index (κ2) is 5.78. The Balaban J connectivity index is 2.13. The van der Waals surface area contributed by atoms with Gasteiger partial charge in [0.1, 0.15) is 5.82 Å². The van der Waals surface area contributed by atoms with E-state index in [1.165, 1.54) is 12.3 Å². The minimum absolute atomic E-state index is 0.321. The maximum Gasteiger partial charge on any atom is 0.137 e. The number of rotatable bonds is 3. The largest absolute Gasteiger partial charge is 0.386 e. The Hall–Kier alpha value is -0.970. The van der Waals surface area contributed by atoms with Crippen molar-refractivity contribution in [3.8, 4) is 0 Å². The van der Waals surface area contributed by atoms with Crippen molar-refractivity contribution in [2.24, 2.45) is 0 Å². The minimum atomic E-state index is -0.736. The molecule has 1 unspecified atom stereocenters. The lowest BCUT2D eigenvalue weighted by Crippen LogP contribution is -2.04. The Labute approximate surface area is 118 Å². The fraction of sp³-hybridized carbons (Fsp3) is 0.154. The standard InChI is InChI=1S/C13H10BrClFNO/c14-10-5-8(1-3-11(10)16)6-13(18)12-4-2-9(15)7-17-12/h1-5,7,13,18H,6H2. The van der Waals surface area contributed by atoms with Crippen molar-refractivity contribution in [2.45, 2.75) is 12.5 Å². The molecule has 0 saturated heterocycles. The molecule has 0 radical (unpaired) electrons. The molecule has 1 N–H and O–H groups in total. The van der Waals surface area contributed by atoms with E-state index >= 15 is 0 Å². The van der Waals surface area contributed by atoms with Crippen molar-refractivity contribution in [2.75, 3.05) is 0 Å². The van der Waals surface area contributed by atoms with Crippen molar-refractivity contribution in [3.63, 3.8) is 0 Å². The van der Waals surface area contributed by atoms with E-state index < -0.39 is 6.10 Å². The zero-order valence-electron chi connectivity index (χ0n) is 9.28. The fourth-order valence-corrected chi connectivity index (χ4v) is 2.12. The van der Waals surface area contributed by atoms with Crippen molar-refractivity contribution in [1.82, 2.24) is 4.98 Å². The van der Waals surface area contributed by atoms with E-state index in [9.17, 15) is 9.50 Å². The summed E-state index contributed by atoms with van der Waals surface area (Å²) in [6.45, 7) is 0. The predicted octanol–water partition coefficient (Wildman–Crippen LogP) is 3.91. The molecule has 0 spiro atoms. The summed E-state index contributed by atoms with van der Waals surface area (Å²) in [4.78, 5) is 4.05. The first-order valence-electron chi connectivity index (χ1n) is 5.29. The zero-order chi connectivity index (χ0) is 13.1. The maximum absolute atomic E-state index is 13.1. The SMILES string of the molecule is OC(Cc1ccc(F)c(Br)c1)c1ccc(Cl)cn1. The van der Waals surface area contributed by atoms with Gasteiger partial charge in [0.2, 0.25) is 0 Å². The quantitative estimate of drug-likeness (QED) is 0.925. The molecule has 18 heavy (non-hydrogen) atoms. The van der Waals surface area contributed by atoms with Crippen molar-refractivity contribution in [3.05, 3.63) is 63.1 Å². The molecule has 0 aliphatic heterocycles. The highest BCUT2D eigenvalue weighted by Gasteiger charge is 2.11. The first-order valence-corrected chi connectivity index (χ1v) is 6.47. The van der Waals surface area contributed by atoms with E-state index in [-0.39, 0.29) is 5.82 Å². The van der Waals surface area contributed by atoms with Gasteiger partial charge in [0.05, 0.1) is 21.3 Å². The molecule has 0 amide bonds. The monoisotopic (exact) mass is 329 g/mol. The van der Waals surface area contributed by atoms with Crippen molar-refractivity contribution >= 4 is 27.5 Å². The molecule has 2 nitrogen and oxygen atoms in total. The molecule has 1 atom stereocenters. The van der Waals surface area contributed by atoms with Gasteiger partial charge in [-0.2, -0.15) is 0 Å². The van der Waals surface area contributed by atoms with Crippen LogP contribution in [0.25, 0.3) is 0 Å². The number of benzene rings is 1. The van der Waals surface area contributed by atoms with Crippen LogP contribution in [0.4, 0.5) is 4.39 Å². The molecule has 0 saturated carbocycles. The number of pyridine rings is 1. The van der Waals surface area contributed by atoms with Gasteiger partial charge in [0.25, 0.3) is 0 Å². The molecule has 94 valence electrons. The third-order valence-electron chi connectivity index (χ3n) is 2.50. The summed E-state index contributed by atoms with van der Waals surface area (Å²) < 4.78 is 13.5. The van der Waals surface area contributed by atoms with Gasteiger partial charge in [-0.1, -0.05) is 17.7 Å². The average Bonchev–Trinajstić information content (AvgIpc) is 2.34. The highest BCUT2D eigenvalue weighted by Crippen LogP contribution is 2.22. The Bertz CT molecular complexity index is 547. The van der Waals surface area contributed by atoms with Crippen LogP contribution in [0.15, 0.2) is 41.0 Å². The summed E-state index contributed by atoms with van der Waals surface area (Å²) in [6.07, 6.45) is 1.12. The van der Waals surface area contributed by atoms with E-state index in [0.717, 1.165) is 5.56 Å². The first kappa shape index (κ1) is 13.5. The van der Waals surface area contributed by atoms with Gasteiger partial charge < -0.3 is 5.11 Å². The topological polar surface area (TPSA) is 33.1 Å². The number of nitrogens with zero attached hydrogens (tertiary/aromatic N) is 1. The highest BCUT2D eigenvalue weighted by atomic mass is 79.9. The number of aromatic nitrogens is 1. The fourth-order valence-electron chi connectivity index (χ4n) is 1.58. The van der Waals surface area contributed by atoms with Crippen LogP contribution in [0.2, 0.25) is 5.02 Å². The van der Waals surface area contributed by atoms with E-state index in [4.69, 9.17) is 11.6 Å². The summed E-state index contributed by atoms with van der Waals surface area (Å²) in [5, 5.41) is 10.5. The minimum Gasteiger partial charge on any atom is -0.386 e. The smallest absolute Gasteiger partial charge is 0.137 e. The Morgan fingerprint density at radius 2 is 2.11 bits per heavy atom. The molecule has 1 aromatic carbocycles. The molecule has 0 fully saturated rings. The van der Waals surface area contributed by atoms with Gasteiger partial charge >= 0.3 is 0 Å². The summed E-state index contributed by atoms with van der Waals surface area (Å²) in [6, 6.07) is 7.99. The lowest BCUT2D eigenvalue weighted by molar-refractivity contribution is 0.173. The van der Waals surface area contributed by atoms with Crippen molar-refractivity contribution < 1.29 is 9.50 Å². The molecule has 1 aromatic heterocycles. The van der Waals surface area contributed by atoms with Gasteiger partial charge in [-0.3, -0.25) is 4.98 Å². The Morgan fingerprint density at radius 1 is 1.33 bits per heavy atom. The number of halogens is 3. The zero-order valence-corrected chi connectivity index (χ0v) is 11.6. The van der Waals surface area contributed by atoms with Crippen LogP contribution in [0.5, 0.6) is 0 Å². The molecule has 1 heterocycles. The number of aliphatic hydroxyl groups is 1. The highest BCUT2D eigenvalue weighted by molar-refractivity contribution is 9.10. The molecule has 0 aliphatic carbocycles. The van der Waals surface area contributed by atoms with Crippen molar-refractivity contribution in [1.29, 1.82) is 0 Å². The second-order valence-electron chi connectivity index (χ2n) is 3.87. The maximum atomic E-state index is 13.1. The van der Waals surface area contributed by atoms with Crippen LogP contribution in [0.3, 0.4) is 0 Å². The number of hydrogen-bond acceptors (Lipinski definition) is 2. The summed E-state index contributed by atoms with van der Waals surface area (Å²) in [5.41, 5.74) is 1.37.